The third kappa shape index (κ3) is 3.14. The fraction of sp³-hybridized carbons (Fsp3) is 0.583. The lowest BCUT2D eigenvalue weighted by atomic mass is 10.1. The van der Waals surface area contributed by atoms with E-state index in [4.69, 9.17) is 5.26 Å². The van der Waals surface area contributed by atoms with Gasteiger partial charge in [-0.05, 0) is 26.7 Å². The van der Waals surface area contributed by atoms with Crippen molar-refractivity contribution in [2.24, 2.45) is 0 Å². The van der Waals surface area contributed by atoms with Crippen molar-refractivity contribution in [2.45, 2.75) is 38.2 Å². The highest BCUT2D eigenvalue weighted by atomic mass is 16.3. The maximum absolute atomic E-state index is 9.64. The molecule has 1 aromatic heterocycles. The maximum atomic E-state index is 9.64. The van der Waals surface area contributed by atoms with Crippen LogP contribution in [0.1, 0.15) is 44.0 Å². The predicted molar refractivity (Wildman–Crippen MR) is 63.5 cm³/mol. The van der Waals surface area contributed by atoms with E-state index in [0.717, 1.165) is 18.5 Å². The first kappa shape index (κ1) is 11.8. The topological polar surface area (TPSA) is 81.8 Å². The van der Waals surface area contributed by atoms with Crippen LogP contribution in [0.2, 0.25) is 0 Å². The minimum absolute atomic E-state index is 0.277. The van der Waals surface area contributed by atoms with Gasteiger partial charge in [-0.25, -0.2) is 9.97 Å². The van der Waals surface area contributed by atoms with E-state index >= 15 is 0 Å². The summed E-state index contributed by atoms with van der Waals surface area (Å²) in [4.78, 5) is 8.49. The molecule has 1 aliphatic rings. The SMILES string of the molecule is CC(C)(O)CNc1nc(C2CC2)cnc1C#N. The molecule has 1 fully saturated rings. The van der Waals surface area contributed by atoms with E-state index in [1.54, 1.807) is 20.0 Å². The number of rotatable bonds is 4. The van der Waals surface area contributed by atoms with Crippen LogP contribution in [-0.2, 0) is 0 Å². The van der Waals surface area contributed by atoms with Crippen LogP contribution >= 0.6 is 0 Å². The fourth-order valence-corrected chi connectivity index (χ4v) is 1.48. The Hall–Kier alpha value is -1.67. The highest BCUT2D eigenvalue weighted by molar-refractivity contribution is 5.48. The molecule has 2 rings (SSSR count). The van der Waals surface area contributed by atoms with E-state index in [1.165, 1.54) is 0 Å². The van der Waals surface area contributed by atoms with Gasteiger partial charge in [0.05, 0.1) is 17.5 Å². The quantitative estimate of drug-likeness (QED) is 0.820. The van der Waals surface area contributed by atoms with Crippen LogP contribution in [0.3, 0.4) is 0 Å². The minimum Gasteiger partial charge on any atom is -0.389 e. The number of nitriles is 1. The number of nitrogens with one attached hydrogen (secondary N) is 1. The second kappa shape index (κ2) is 4.30. The van der Waals surface area contributed by atoms with Crippen LogP contribution in [0.25, 0.3) is 0 Å². The zero-order valence-corrected chi connectivity index (χ0v) is 10.1. The van der Waals surface area contributed by atoms with Crippen LogP contribution < -0.4 is 5.32 Å². The molecule has 0 amide bonds. The Balaban J connectivity index is 2.17. The Morgan fingerprint density at radius 2 is 2.29 bits per heavy atom. The van der Waals surface area contributed by atoms with Gasteiger partial charge in [0.1, 0.15) is 6.07 Å². The van der Waals surface area contributed by atoms with Crippen LogP contribution in [-0.4, -0.2) is 27.2 Å². The highest BCUT2D eigenvalue weighted by Crippen LogP contribution is 2.39. The van der Waals surface area contributed by atoms with Crippen molar-refractivity contribution in [2.75, 3.05) is 11.9 Å². The average Bonchev–Trinajstić information content (AvgIpc) is 3.08. The van der Waals surface area contributed by atoms with Crippen molar-refractivity contribution >= 4 is 5.82 Å². The molecule has 0 aliphatic heterocycles. The lowest BCUT2D eigenvalue weighted by molar-refractivity contribution is 0.0944. The van der Waals surface area contributed by atoms with Gasteiger partial charge in [-0.2, -0.15) is 5.26 Å². The summed E-state index contributed by atoms with van der Waals surface area (Å²) in [5.41, 5.74) is 0.366. The van der Waals surface area contributed by atoms with Gasteiger partial charge in [-0.1, -0.05) is 0 Å². The summed E-state index contributed by atoms with van der Waals surface area (Å²) in [5.74, 6) is 0.969. The lowest BCUT2D eigenvalue weighted by Gasteiger charge is -2.18. The number of aromatic nitrogens is 2. The van der Waals surface area contributed by atoms with E-state index in [1.807, 2.05) is 6.07 Å². The van der Waals surface area contributed by atoms with Crippen LogP contribution in [0.4, 0.5) is 5.82 Å². The largest absolute Gasteiger partial charge is 0.389 e. The molecule has 90 valence electrons. The van der Waals surface area contributed by atoms with Gasteiger partial charge < -0.3 is 10.4 Å². The smallest absolute Gasteiger partial charge is 0.182 e. The number of anilines is 1. The molecule has 5 heteroatoms. The second-order valence-corrected chi connectivity index (χ2v) is 5.04. The van der Waals surface area contributed by atoms with Crippen molar-refractivity contribution in [3.05, 3.63) is 17.6 Å². The summed E-state index contributed by atoms with van der Waals surface area (Å²) in [7, 11) is 0. The molecule has 2 N–H and O–H groups in total. The Morgan fingerprint density at radius 3 is 2.82 bits per heavy atom. The molecule has 0 aromatic carbocycles. The first-order valence-corrected chi connectivity index (χ1v) is 5.73. The average molecular weight is 232 g/mol. The van der Waals surface area contributed by atoms with Gasteiger partial charge in [-0.3, -0.25) is 0 Å². The van der Waals surface area contributed by atoms with Gasteiger partial charge in [0.15, 0.2) is 11.5 Å². The first-order chi connectivity index (χ1) is 7.99. The standard InChI is InChI=1S/C12H16N4O/c1-12(2,17)7-15-11-9(5-13)14-6-10(16-11)8-3-4-8/h6,8,17H,3-4,7H2,1-2H3,(H,15,16). The van der Waals surface area contributed by atoms with Gasteiger partial charge in [0.2, 0.25) is 0 Å². The van der Waals surface area contributed by atoms with E-state index in [2.05, 4.69) is 15.3 Å². The molecule has 17 heavy (non-hydrogen) atoms. The normalized spacial score (nSPS) is 15.4. The Kier molecular flexibility index (Phi) is 2.99. The number of hydrogen-bond acceptors (Lipinski definition) is 5. The van der Waals surface area contributed by atoms with Crippen molar-refractivity contribution < 1.29 is 5.11 Å². The number of nitrogens with zero attached hydrogens (tertiary/aromatic N) is 3. The summed E-state index contributed by atoms with van der Waals surface area (Å²) >= 11 is 0. The van der Waals surface area contributed by atoms with Gasteiger partial charge in [0.25, 0.3) is 0 Å². The van der Waals surface area contributed by atoms with Gasteiger partial charge in [0, 0.05) is 12.5 Å². The fourth-order valence-electron chi connectivity index (χ4n) is 1.48. The molecule has 0 unspecified atom stereocenters. The number of hydrogen-bond donors (Lipinski definition) is 2. The van der Waals surface area contributed by atoms with Gasteiger partial charge >= 0.3 is 0 Å². The monoisotopic (exact) mass is 232 g/mol. The summed E-state index contributed by atoms with van der Waals surface area (Å²) in [6.45, 7) is 3.74. The van der Waals surface area contributed by atoms with Crippen LogP contribution in [0, 0.1) is 11.3 Å². The minimum atomic E-state index is -0.843. The van der Waals surface area contributed by atoms with Crippen molar-refractivity contribution in [3.63, 3.8) is 0 Å². The first-order valence-electron chi connectivity index (χ1n) is 5.73. The van der Waals surface area contributed by atoms with E-state index < -0.39 is 5.60 Å². The molecule has 1 heterocycles. The van der Waals surface area contributed by atoms with E-state index in [0.29, 0.717) is 18.3 Å². The molecule has 0 spiro atoms. The molecule has 0 radical (unpaired) electrons. The molecular weight excluding hydrogens is 216 g/mol. The Labute approximate surface area is 101 Å². The second-order valence-electron chi connectivity index (χ2n) is 5.04. The molecule has 0 bridgehead atoms. The number of aliphatic hydroxyl groups is 1. The molecule has 0 saturated heterocycles. The highest BCUT2D eigenvalue weighted by Gasteiger charge is 2.26. The molecule has 0 atom stereocenters. The van der Waals surface area contributed by atoms with Crippen molar-refractivity contribution in [1.82, 2.24) is 9.97 Å². The molecule has 1 saturated carbocycles. The predicted octanol–water partition coefficient (Wildman–Crippen LogP) is 1.41. The van der Waals surface area contributed by atoms with Crippen molar-refractivity contribution in [1.29, 1.82) is 5.26 Å². The summed E-state index contributed by atoms with van der Waals surface area (Å²) in [5, 5.41) is 21.6. The van der Waals surface area contributed by atoms with E-state index in [9.17, 15) is 5.11 Å². The maximum Gasteiger partial charge on any atom is 0.182 e. The van der Waals surface area contributed by atoms with E-state index in [-0.39, 0.29) is 5.69 Å². The lowest BCUT2D eigenvalue weighted by Crippen LogP contribution is -2.30. The summed E-state index contributed by atoms with van der Waals surface area (Å²) in [6.07, 6.45) is 3.96. The van der Waals surface area contributed by atoms with Crippen LogP contribution in [0.15, 0.2) is 6.20 Å². The Morgan fingerprint density at radius 1 is 1.59 bits per heavy atom. The molecule has 5 nitrogen and oxygen atoms in total. The zero-order chi connectivity index (χ0) is 12.5. The summed E-state index contributed by atoms with van der Waals surface area (Å²) in [6, 6.07) is 2.00. The summed E-state index contributed by atoms with van der Waals surface area (Å²) < 4.78 is 0. The zero-order valence-electron chi connectivity index (χ0n) is 10.1. The molecule has 1 aromatic rings. The third-order valence-corrected chi connectivity index (χ3v) is 2.58. The molecular formula is C12H16N4O. The Bertz CT molecular complexity index is 455. The third-order valence-electron chi connectivity index (χ3n) is 2.58. The van der Waals surface area contributed by atoms with Crippen LogP contribution in [0.5, 0.6) is 0 Å². The molecule has 1 aliphatic carbocycles. The van der Waals surface area contributed by atoms with Gasteiger partial charge in [-0.15, -0.1) is 0 Å². The van der Waals surface area contributed by atoms with Crippen molar-refractivity contribution in [3.8, 4) is 6.07 Å².